The molecule has 0 N–H and O–H groups in total. The highest BCUT2D eigenvalue weighted by Gasteiger charge is 2.26. The van der Waals surface area contributed by atoms with Crippen molar-refractivity contribution in [3.63, 3.8) is 0 Å². The van der Waals surface area contributed by atoms with Crippen molar-refractivity contribution in [1.29, 1.82) is 0 Å². The summed E-state index contributed by atoms with van der Waals surface area (Å²) in [4.78, 5) is 19.4. The summed E-state index contributed by atoms with van der Waals surface area (Å²) in [6, 6.07) is 6.31. The number of carbonyl (C=O) groups is 1. The lowest BCUT2D eigenvalue weighted by Crippen LogP contribution is -2.33. The molecule has 0 radical (unpaired) electrons. The Balaban J connectivity index is 1.80. The van der Waals surface area contributed by atoms with E-state index in [9.17, 15) is 4.79 Å². The monoisotopic (exact) mass is 300 g/mol. The molecule has 3 rings (SSSR count). The van der Waals surface area contributed by atoms with Crippen LogP contribution in [-0.4, -0.2) is 29.1 Å². The van der Waals surface area contributed by atoms with Gasteiger partial charge in [-0.15, -0.1) is 0 Å². The van der Waals surface area contributed by atoms with E-state index in [1.165, 1.54) is 42.2 Å². The number of amides is 1. The molecule has 4 heteroatoms. The average molecular weight is 300 g/mol. The number of amidine groups is 1. The van der Waals surface area contributed by atoms with Crippen LogP contribution >= 0.6 is 11.8 Å². The van der Waals surface area contributed by atoms with E-state index in [0.29, 0.717) is 0 Å². The van der Waals surface area contributed by atoms with E-state index in [-0.39, 0.29) is 5.91 Å². The van der Waals surface area contributed by atoms with Crippen LogP contribution in [0.5, 0.6) is 0 Å². The Labute approximate surface area is 130 Å². The van der Waals surface area contributed by atoms with Gasteiger partial charge in [-0.3, -0.25) is 4.79 Å². The van der Waals surface area contributed by atoms with Gasteiger partial charge in [0.2, 0.25) is 0 Å². The Morgan fingerprint density at radius 3 is 2.71 bits per heavy atom. The number of thioether (sulfide) groups is 1. The number of aryl methyl sites for hydroxylation is 2. The van der Waals surface area contributed by atoms with E-state index >= 15 is 0 Å². The van der Waals surface area contributed by atoms with Crippen LogP contribution in [0.1, 0.15) is 36.0 Å². The molecule has 21 heavy (non-hydrogen) atoms. The van der Waals surface area contributed by atoms with Gasteiger partial charge in [-0.2, -0.15) is 4.99 Å². The van der Waals surface area contributed by atoms with E-state index < -0.39 is 0 Å². The minimum absolute atomic E-state index is 0.0959. The van der Waals surface area contributed by atoms with Gasteiger partial charge in [0.15, 0.2) is 5.17 Å². The van der Waals surface area contributed by atoms with Gasteiger partial charge in [0, 0.05) is 13.1 Å². The van der Waals surface area contributed by atoms with Gasteiger partial charge in [-0.05, 0) is 62.1 Å². The van der Waals surface area contributed by atoms with Crippen LogP contribution in [0.2, 0.25) is 0 Å². The number of benzene rings is 1. The fourth-order valence-electron chi connectivity index (χ4n) is 2.68. The first-order chi connectivity index (χ1) is 10.1. The molecular weight excluding hydrogens is 280 g/mol. The SMILES string of the molecule is Cc1ccc(C)c(/C=C2\SC(N3CCCCC3)=NC2=O)c1. The van der Waals surface area contributed by atoms with Crippen molar-refractivity contribution in [2.45, 2.75) is 33.1 Å². The molecule has 1 fully saturated rings. The van der Waals surface area contributed by atoms with Crippen LogP contribution in [0.15, 0.2) is 28.1 Å². The molecule has 1 saturated heterocycles. The zero-order valence-electron chi connectivity index (χ0n) is 12.6. The van der Waals surface area contributed by atoms with Crippen molar-refractivity contribution in [1.82, 2.24) is 4.90 Å². The average Bonchev–Trinajstić information content (AvgIpc) is 2.85. The van der Waals surface area contributed by atoms with E-state index in [1.807, 2.05) is 6.08 Å². The van der Waals surface area contributed by atoms with Crippen molar-refractivity contribution in [3.8, 4) is 0 Å². The maximum absolute atomic E-state index is 12.1. The van der Waals surface area contributed by atoms with Crippen LogP contribution in [0.4, 0.5) is 0 Å². The quantitative estimate of drug-likeness (QED) is 0.740. The molecule has 2 heterocycles. The number of hydrogen-bond donors (Lipinski definition) is 0. The minimum atomic E-state index is -0.0959. The van der Waals surface area contributed by atoms with E-state index in [2.05, 4.69) is 41.9 Å². The van der Waals surface area contributed by atoms with Gasteiger partial charge in [-0.25, -0.2) is 0 Å². The fourth-order valence-corrected chi connectivity index (χ4v) is 3.63. The molecule has 0 bridgehead atoms. The molecule has 0 aliphatic carbocycles. The molecule has 0 spiro atoms. The number of piperidine rings is 1. The number of nitrogens with zero attached hydrogens (tertiary/aromatic N) is 2. The largest absolute Gasteiger partial charge is 0.351 e. The lowest BCUT2D eigenvalue weighted by molar-refractivity contribution is -0.113. The number of aliphatic imine (C=N–C) groups is 1. The van der Waals surface area contributed by atoms with Crippen molar-refractivity contribution in [2.75, 3.05) is 13.1 Å². The number of rotatable bonds is 1. The lowest BCUT2D eigenvalue weighted by Gasteiger charge is -2.27. The molecule has 1 amide bonds. The molecule has 1 aromatic carbocycles. The van der Waals surface area contributed by atoms with Crippen molar-refractivity contribution < 1.29 is 4.79 Å². The Morgan fingerprint density at radius 2 is 1.95 bits per heavy atom. The van der Waals surface area contributed by atoms with E-state index in [0.717, 1.165) is 28.7 Å². The van der Waals surface area contributed by atoms with Crippen LogP contribution in [0.25, 0.3) is 6.08 Å². The minimum Gasteiger partial charge on any atom is -0.351 e. The van der Waals surface area contributed by atoms with Crippen molar-refractivity contribution in [3.05, 3.63) is 39.8 Å². The zero-order valence-corrected chi connectivity index (χ0v) is 13.4. The second-order valence-corrected chi connectivity index (χ2v) is 6.73. The number of hydrogen-bond acceptors (Lipinski definition) is 3. The third kappa shape index (κ3) is 3.21. The molecule has 1 aromatic rings. The zero-order chi connectivity index (χ0) is 14.8. The highest BCUT2D eigenvalue weighted by molar-refractivity contribution is 8.18. The van der Waals surface area contributed by atoms with E-state index in [4.69, 9.17) is 0 Å². The first-order valence-corrected chi connectivity index (χ1v) is 8.30. The molecule has 0 unspecified atom stereocenters. The summed E-state index contributed by atoms with van der Waals surface area (Å²) >= 11 is 1.52. The molecule has 0 aromatic heterocycles. The molecular formula is C17H20N2OS. The summed E-state index contributed by atoms with van der Waals surface area (Å²) in [6.07, 6.45) is 5.66. The second kappa shape index (κ2) is 6.06. The van der Waals surface area contributed by atoms with Crippen LogP contribution in [0, 0.1) is 13.8 Å². The van der Waals surface area contributed by atoms with Crippen LogP contribution in [-0.2, 0) is 4.79 Å². The Morgan fingerprint density at radius 1 is 1.19 bits per heavy atom. The van der Waals surface area contributed by atoms with Gasteiger partial charge in [0.1, 0.15) is 0 Å². The third-order valence-electron chi connectivity index (χ3n) is 3.96. The molecule has 0 atom stereocenters. The highest BCUT2D eigenvalue weighted by Crippen LogP contribution is 2.32. The predicted octanol–water partition coefficient (Wildman–Crippen LogP) is 3.76. The van der Waals surface area contributed by atoms with Crippen molar-refractivity contribution >= 4 is 28.9 Å². The lowest BCUT2D eigenvalue weighted by atomic mass is 10.1. The Kier molecular flexibility index (Phi) is 4.15. The first-order valence-electron chi connectivity index (χ1n) is 7.48. The first kappa shape index (κ1) is 14.4. The Bertz CT molecular complexity index is 628. The van der Waals surface area contributed by atoms with Gasteiger partial charge < -0.3 is 4.90 Å². The topological polar surface area (TPSA) is 32.7 Å². The van der Waals surface area contributed by atoms with Crippen LogP contribution in [0.3, 0.4) is 0 Å². The van der Waals surface area contributed by atoms with Crippen LogP contribution < -0.4 is 0 Å². The summed E-state index contributed by atoms with van der Waals surface area (Å²) in [6.45, 7) is 6.19. The highest BCUT2D eigenvalue weighted by atomic mass is 32.2. The molecule has 3 nitrogen and oxygen atoms in total. The normalized spacial score (nSPS) is 21.0. The smallest absolute Gasteiger partial charge is 0.286 e. The summed E-state index contributed by atoms with van der Waals surface area (Å²) in [5, 5.41) is 0.885. The summed E-state index contributed by atoms with van der Waals surface area (Å²) in [7, 11) is 0. The van der Waals surface area contributed by atoms with Crippen molar-refractivity contribution in [2.24, 2.45) is 4.99 Å². The predicted molar refractivity (Wildman–Crippen MR) is 89.4 cm³/mol. The van der Waals surface area contributed by atoms with Gasteiger partial charge in [-0.1, -0.05) is 23.8 Å². The van der Waals surface area contributed by atoms with Gasteiger partial charge >= 0.3 is 0 Å². The second-order valence-electron chi connectivity index (χ2n) is 5.72. The third-order valence-corrected chi connectivity index (χ3v) is 5.00. The Hall–Kier alpha value is -1.55. The molecule has 2 aliphatic rings. The fraction of sp³-hybridized carbons (Fsp3) is 0.412. The summed E-state index contributed by atoms with van der Waals surface area (Å²) < 4.78 is 0. The molecule has 110 valence electrons. The number of likely N-dealkylation sites (tertiary alicyclic amines) is 1. The standard InChI is InChI=1S/C17H20N2OS/c1-12-6-7-13(2)14(10-12)11-15-16(20)18-17(21-15)19-8-4-3-5-9-19/h6-7,10-11H,3-5,8-9H2,1-2H3/b15-11-. The maximum Gasteiger partial charge on any atom is 0.286 e. The molecule has 0 saturated carbocycles. The van der Waals surface area contributed by atoms with Gasteiger partial charge in [0.05, 0.1) is 4.91 Å². The van der Waals surface area contributed by atoms with E-state index in [1.54, 1.807) is 0 Å². The summed E-state index contributed by atoms with van der Waals surface area (Å²) in [5.74, 6) is -0.0959. The summed E-state index contributed by atoms with van der Waals surface area (Å²) in [5.41, 5.74) is 3.51. The van der Waals surface area contributed by atoms with Gasteiger partial charge in [0.25, 0.3) is 5.91 Å². The maximum atomic E-state index is 12.1. The number of carbonyl (C=O) groups excluding carboxylic acids is 1. The molecule has 2 aliphatic heterocycles.